The molecule has 0 aliphatic heterocycles. The molecule has 0 aromatic carbocycles. The fourth-order valence-electron chi connectivity index (χ4n) is 0.971. The van der Waals surface area contributed by atoms with Crippen molar-refractivity contribution < 1.29 is 4.79 Å². The molecule has 0 aliphatic carbocycles. The summed E-state index contributed by atoms with van der Waals surface area (Å²) in [5.74, 6) is 0.0716. The molecular formula is C10H23N3O. The van der Waals surface area contributed by atoms with Crippen LogP contribution in [-0.4, -0.2) is 31.6 Å². The van der Waals surface area contributed by atoms with Gasteiger partial charge in [0.15, 0.2) is 0 Å². The zero-order valence-electron chi connectivity index (χ0n) is 9.31. The molecular weight excluding hydrogens is 178 g/mol. The van der Waals surface area contributed by atoms with E-state index < -0.39 is 0 Å². The van der Waals surface area contributed by atoms with Crippen molar-refractivity contribution in [3.8, 4) is 0 Å². The monoisotopic (exact) mass is 201 g/mol. The molecule has 0 aliphatic rings. The predicted octanol–water partition coefficient (Wildman–Crippen LogP) is 0.230. The molecule has 0 saturated heterocycles. The van der Waals surface area contributed by atoms with Crippen LogP contribution in [0, 0.1) is 0 Å². The molecule has 0 fully saturated rings. The maximum Gasteiger partial charge on any atom is 0.233 e. The highest BCUT2D eigenvalue weighted by molar-refractivity contribution is 5.77. The van der Waals surface area contributed by atoms with E-state index >= 15 is 0 Å². The van der Waals surface area contributed by atoms with Crippen LogP contribution in [0.2, 0.25) is 0 Å². The first-order valence-corrected chi connectivity index (χ1v) is 5.40. The summed E-state index contributed by atoms with van der Waals surface area (Å²) in [6.45, 7) is 6.01. The van der Waals surface area contributed by atoms with Crippen LogP contribution in [0.5, 0.6) is 0 Å². The minimum absolute atomic E-state index is 0.0716. The van der Waals surface area contributed by atoms with E-state index in [1.54, 1.807) is 0 Å². The van der Waals surface area contributed by atoms with Gasteiger partial charge in [-0.05, 0) is 32.7 Å². The lowest BCUT2D eigenvalue weighted by molar-refractivity contribution is -0.120. The zero-order valence-corrected chi connectivity index (χ0v) is 9.31. The molecule has 0 rings (SSSR count). The van der Waals surface area contributed by atoms with Crippen LogP contribution in [0.3, 0.4) is 0 Å². The van der Waals surface area contributed by atoms with Gasteiger partial charge < -0.3 is 16.4 Å². The van der Waals surface area contributed by atoms with E-state index in [2.05, 4.69) is 24.5 Å². The summed E-state index contributed by atoms with van der Waals surface area (Å²) >= 11 is 0. The zero-order chi connectivity index (χ0) is 10.8. The minimum Gasteiger partial charge on any atom is -0.355 e. The first-order valence-electron chi connectivity index (χ1n) is 5.40. The summed E-state index contributed by atoms with van der Waals surface area (Å²) < 4.78 is 0. The van der Waals surface area contributed by atoms with Gasteiger partial charge in [0.25, 0.3) is 0 Å². The molecule has 0 bridgehead atoms. The lowest BCUT2D eigenvalue weighted by Crippen LogP contribution is -2.38. The fourth-order valence-corrected chi connectivity index (χ4v) is 0.971. The molecule has 0 aromatic heterocycles. The molecule has 0 spiro atoms. The second-order valence-corrected chi connectivity index (χ2v) is 3.54. The molecule has 4 N–H and O–H groups in total. The van der Waals surface area contributed by atoms with E-state index in [0.717, 1.165) is 25.8 Å². The number of amides is 1. The van der Waals surface area contributed by atoms with Crippen LogP contribution >= 0.6 is 0 Å². The number of unbranched alkanes of at least 4 members (excludes halogenated alkanes) is 1. The molecule has 0 saturated carbocycles. The van der Waals surface area contributed by atoms with Crippen molar-refractivity contribution in [1.29, 1.82) is 0 Å². The number of carbonyl (C=O) groups is 1. The molecule has 1 unspecified atom stereocenters. The number of nitrogens with two attached hydrogens (primary N) is 1. The quantitative estimate of drug-likeness (QED) is 0.492. The Kier molecular flexibility index (Phi) is 8.57. The van der Waals surface area contributed by atoms with Gasteiger partial charge in [0.2, 0.25) is 5.91 Å². The van der Waals surface area contributed by atoms with Gasteiger partial charge in [-0.15, -0.1) is 0 Å². The number of carbonyl (C=O) groups excluding carboxylic acids is 1. The lowest BCUT2D eigenvalue weighted by atomic mass is 10.2. The highest BCUT2D eigenvalue weighted by atomic mass is 16.1. The summed E-state index contributed by atoms with van der Waals surface area (Å²) in [6.07, 6.45) is 2.98. The molecule has 4 nitrogen and oxygen atoms in total. The summed E-state index contributed by atoms with van der Waals surface area (Å²) in [6, 6.07) is 0.407. The largest absolute Gasteiger partial charge is 0.355 e. The van der Waals surface area contributed by atoms with Crippen molar-refractivity contribution in [2.75, 3.05) is 19.6 Å². The Morgan fingerprint density at radius 3 is 2.71 bits per heavy atom. The molecule has 0 aromatic rings. The fraction of sp³-hybridized carbons (Fsp3) is 0.900. The lowest BCUT2D eigenvalue weighted by Gasteiger charge is -2.10. The Bertz CT molecular complexity index is 150. The van der Waals surface area contributed by atoms with Gasteiger partial charge in [-0.2, -0.15) is 0 Å². The minimum atomic E-state index is 0.0716. The van der Waals surface area contributed by atoms with Crippen LogP contribution in [0.25, 0.3) is 0 Å². The van der Waals surface area contributed by atoms with Crippen molar-refractivity contribution >= 4 is 5.91 Å². The van der Waals surface area contributed by atoms with Gasteiger partial charge in [-0.3, -0.25) is 4.79 Å². The van der Waals surface area contributed by atoms with Crippen molar-refractivity contribution in [2.45, 2.75) is 39.2 Å². The molecule has 1 amide bonds. The van der Waals surface area contributed by atoms with E-state index in [1.807, 2.05) is 0 Å². The van der Waals surface area contributed by atoms with E-state index in [4.69, 9.17) is 5.73 Å². The third-order valence-electron chi connectivity index (χ3n) is 2.18. The summed E-state index contributed by atoms with van der Waals surface area (Å²) in [5, 5.41) is 5.98. The third kappa shape index (κ3) is 8.01. The van der Waals surface area contributed by atoms with Crippen LogP contribution < -0.4 is 16.4 Å². The molecule has 1 atom stereocenters. The van der Waals surface area contributed by atoms with Gasteiger partial charge in [-0.1, -0.05) is 6.92 Å². The average Bonchev–Trinajstić information content (AvgIpc) is 2.21. The van der Waals surface area contributed by atoms with Crippen LogP contribution in [-0.2, 0) is 4.79 Å². The Balaban J connectivity index is 3.28. The van der Waals surface area contributed by atoms with E-state index in [1.165, 1.54) is 0 Å². The van der Waals surface area contributed by atoms with Gasteiger partial charge in [0.05, 0.1) is 6.54 Å². The van der Waals surface area contributed by atoms with E-state index in [0.29, 0.717) is 19.1 Å². The Labute approximate surface area is 86.6 Å². The predicted molar refractivity (Wildman–Crippen MR) is 59.1 cm³/mol. The topological polar surface area (TPSA) is 67.2 Å². The smallest absolute Gasteiger partial charge is 0.233 e. The molecule has 4 heteroatoms. The molecule has 0 radical (unpaired) electrons. The second kappa shape index (κ2) is 8.97. The van der Waals surface area contributed by atoms with E-state index in [-0.39, 0.29) is 5.91 Å². The third-order valence-corrected chi connectivity index (χ3v) is 2.18. The van der Waals surface area contributed by atoms with Gasteiger partial charge in [-0.25, -0.2) is 0 Å². The van der Waals surface area contributed by atoms with Gasteiger partial charge in [0.1, 0.15) is 0 Å². The SMILES string of the molecule is CCC(C)NCC(=O)NCCCCN. The van der Waals surface area contributed by atoms with Crippen LogP contribution in [0.4, 0.5) is 0 Å². The molecule has 84 valence electrons. The Morgan fingerprint density at radius 1 is 1.43 bits per heavy atom. The first-order chi connectivity index (χ1) is 6.70. The molecule has 0 heterocycles. The molecule has 14 heavy (non-hydrogen) atoms. The summed E-state index contributed by atoms with van der Waals surface area (Å²) in [4.78, 5) is 11.2. The second-order valence-electron chi connectivity index (χ2n) is 3.54. The summed E-state index contributed by atoms with van der Waals surface area (Å²) in [7, 11) is 0. The number of rotatable bonds is 8. The summed E-state index contributed by atoms with van der Waals surface area (Å²) in [5.41, 5.74) is 5.34. The Hall–Kier alpha value is -0.610. The average molecular weight is 201 g/mol. The number of nitrogens with one attached hydrogen (secondary N) is 2. The normalized spacial score (nSPS) is 12.5. The first kappa shape index (κ1) is 13.4. The number of hydrogen-bond acceptors (Lipinski definition) is 3. The van der Waals surface area contributed by atoms with Crippen molar-refractivity contribution in [2.24, 2.45) is 5.73 Å². The number of hydrogen-bond donors (Lipinski definition) is 3. The van der Waals surface area contributed by atoms with Crippen molar-refractivity contribution in [1.82, 2.24) is 10.6 Å². The van der Waals surface area contributed by atoms with Gasteiger partial charge in [0, 0.05) is 12.6 Å². The van der Waals surface area contributed by atoms with Crippen molar-refractivity contribution in [3.05, 3.63) is 0 Å². The standard InChI is InChI=1S/C10H23N3O/c1-3-9(2)13-8-10(14)12-7-5-4-6-11/h9,13H,3-8,11H2,1-2H3,(H,12,14). The van der Waals surface area contributed by atoms with Crippen LogP contribution in [0.1, 0.15) is 33.1 Å². The Morgan fingerprint density at radius 2 is 2.14 bits per heavy atom. The van der Waals surface area contributed by atoms with E-state index in [9.17, 15) is 4.79 Å². The highest BCUT2D eigenvalue weighted by Crippen LogP contribution is 1.86. The highest BCUT2D eigenvalue weighted by Gasteiger charge is 2.02. The van der Waals surface area contributed by atoms with Crippen LogP contribution in [0.15, 0.2) is 0 Å². The van der Waals surface area contributed by atoms with Gasteiger partial charge >= 0.3 is 0 Å². The maximum atomic E-state index is 11.2. The maximum absolute atomic E-state index is 11.2. The van der Waals surface area contributed by atoms with Crippen molar-refractivity contribution in [3.63, 3.8) is 0 Å².